The minimum absolute atomic E-state index is 0. The average molecular weight is 384 g/mol. The van der Waals surface area contributed by atoms with Crippen LogP contribution in [0.1, 0.15) is 57.4 Å². The monoisotopic (exact) mass is 383 g/mol. The molecule has 0 heterocycles. The Morgan fingerprint density at radius 3 is 2.35 bits per heavy atom. The van der Waals surface area contributed by atoms with Crippen LogP contribution in [0, 0.1) is 5.92 Å². The lowest BCUT2D eigenvalue weighted by Gasteiger charge is -2.31. The summed E-state index contributed by atoms with van der Waals surface area (Å²) in [6, 6.07) is 9.60. The number of rotatable bonds is 9. The maximum atomic E-state index is 12.8. The fourth-order valence-corrected chi connectivity index (χ4v) is 3.79. The number of hydrogen-bond donors (Lipinski definition) is 1. The third kappa shape index (κ3) is 6.57. The normalized spacial score (nSPS) is 17.4. The number of esters is 1. The number of nitrogens with zero attached hydrogens (tertiary/aromatic N) is 1. The Balaban J connectivity index is 0.00000338. The first-order valence-electron chi connectivity index (χ1n) is 9.79. The van der Waals surface area contributed by atoms with E-state index in [1.807, 2.05) is 30.3 Å². The van der Waals surface area contributed by atoms with Crippen LogP contribution in [0.2, 0.25) is 0 Å². The summed E-state index contributed by atoms with van der Waals surface area (Å²) in [5, 5.41) is 10.9. The van der Waals surface area contributed by atoms with Crippen molar-refractivity contribution in [3.8, 4) is 0 Å². The fraction of sp³-hybridized carbons (Fsp3) is 0.667. The maximum Gasteiger partial charge on any atom is 0.316 e. The summed E-state index contributed by atoms with van der Waals surface area (Å²) < 4.78 is 5.56. The molecular weight excluding hydrogens is 350 g/mol. The lowest BCUT2D eigenvalue weighted by molar-refractivity contribution is -0.150. The number of halogens is 1. The predicted molar refractivity (Wildman–Crippen MR) is 108 cm³/mol. The molecule has 1 aliphatic carbocycles. The molecule has 148 valence electrons. The van der Waals surface area contributed by atoms with Crippen LogP contribution < -0.4 is 0 Å². The van der Waals surface area contributed by atoms with Gasteiger partial charge in [0, 0.05) is 6.54 Å². The highest BCUT2D eigenvalue weighted by Gasteiger charge is 2.35. The molecule has 0 bridgehead atoms. The Labute approximate surface area is 164 Å². The third-order valence-electron chi connectivity index (χ3n) is 5.43. The summed E-state index contributed by atoms with van der Waals surface area (Å²) in [4.78, 5) is 15.0. The molecule has 1 N–H and O–H groups in total. The fourth-order valence-electron chi connectivity index (χ4n) is 3.79. The molecule has 2 atom stereocenters. The zero-order valence-electron chi connectivity index (χ0n) is 16.1. The highest BCUT2D eigenvalue weighted by molar-refractivity contribution is 5.85. The first kappa shape index (κ1) is 22.9. The number of hydrogen-bond acceptors (Lipinski definition) is 4. The lowest BCUT2D eigenvalue weighted by Crippen LogP contribution is -2.36. The maximum absolute atomic E-state index is 12.8. The van der Waals surface area contributed by atoms with Crippen molar-refractivity contribution >= 4 is 18.4 Å². The molecule has 0 amide bonds. The highest BCUT2D eigenvalue weighted by atomic mass is 35.5. The van der Waals surface area contributed by atoms with Gasteiger partial charge in [0.25, 0.3) is 0 Å². The van der Waals surface area contributed by atoms with Gasteiger partial charge in [0.15, 0.2) is 0 Å². The minimum Gasteiger partial charge on any atom is -0.464 e. The molecule has 0 aromatic heterocycles. The van der Waals surface area contributed by atoms with E-state index in [1.54, 1.807) is 0 Å². The van der Waals surface area contributed by atoms with Gasteiger partial charge in [0.05, 0.1) is 6.10 Å². The molecule has 1 fully saturated rings. The molecule has 1 aromatic carbocycles. The van der Waals surface area contributed by atoms with E-state index < -0.39 is 12.0 Å². The second-order valence-corrected chi connectivity index (χ2v) is 6.97. The Morgan fingerprint density at radius 1 is 1.15 bits per heavy atom. The van der Waals surface area contributed by atoms with Crippen molar-refractivity contribution in [1.82, 2.24) is 4.90 Å². The predicted octanol–water partition coefficient (Wildman–Crippen LogP) is 4.02. The van der Waals surface area contributed by atoms with Crippen LogP contribution >= 0.6 is 12.4 Å². The highest BCUT2D eigenvalue weighted by Crippen LogP contribution is 2.34. The summed E-state index contributed by atoms with van der Waals surface area (Å²) >= 11 is 0. The second kappa shape index (κ2) is 12.3. The standard InChI is InChI=1S/C21H33NO3.ClH/c1-3-22(4-2)15-16-25-21(24)19(17-11-7-5-8-12-17)20(23)18-13-9-6-10-14-18;/h5,7-8,11-12,18-20,23H,3-4,6,9-10,13-16H2,1-2H3;1H. The van der Waals surface area contributed by atoms with E-state index in [0.717, 1.165) is 50.9 Å². The van der Waals surface area contributed by atoms with Gasteiger partial charge in [-0.2, -0.15) is 0 Å². The SMILES string of the molecule is CCN(CC)CCOC(=O)C(c1ccccc1)C(O)C1CCCCC1.Cl. The van der Waals surface area contributed by atoms with Gasteiger partial charge in [-0.05, 0) is 37.4 Å². The van der Waals surface area contributed by atoms with Gasteiger partial charge in [0.1, 0.15) is 12.5 Å². The van der Waals surface area contributed by atoms with Gasteiger partial charge in [-0.25, -0.2) is 0 Å². The first-order valence-corrected chi connectivity index (χ1v) is 9.79. The Kier molecular flexibility index (Phi) is 10.9. The van der Waals surface area contributed by atoms with Crippen LogP contribution in [0.15, 0.2) is 30.3 Å². The van der Waals surface area contributed by atoms with Gasteiger partial charge in [-0.1, -0.05) is 63.4 Å². The number of benzene rings is 1. The van der Waals surface area contributed by atoms with E-state index >= 15 is 0 Å². The quantitative estimate of drug-likeness (QED) is 0.654. The molecular formula is C21H34ClNO3. The van der Waals surface area contributed by atoms with Gasteiger partial charge < -0.3 is 14.7 Å². The summed E-state index contributed by atoms with van der Waals surface area (Å²) in [6.07, 6.45) is 4.84. The molecule has 1 aromatic rings. The number of ether oxygens (including phenoxy) is 1. The molecule has 1 aliphatic rings. The van der Waals surface area contributed by atoms with Crippen LogP contribution in [0.4, 0.5) is 0 Å². The van der Waals surface area contributed by atoms with E-state index in [0.29, 0.717) is 6.61 Å². The Hall–Kier alpha value is -1.10. The summed E-state index contributed by atoms with van der Waals surface area (Å²) in [7, 11) is 0. The van der Waals surface area contributed by atoms with Gasteiger partial charge in [-0.15, -0.1) is 12.4 Å². The van der Waals surface area contributed by atoms with Crippen molar-refractivity contribution < 1.29 is 14.6 Å². The van der Waals surface area contributed by atoms with Crippen LogP contribution in [0.5, 0.6) is 0 Å². The van der Waals surface area contributed by atoms with E-state index in [1.165, 1.54) is 6.42 Å². The Bertz CT molecular complexity index is 501. The van der Waals surface area contributed by atoms with Crippen LogP contribution in [-0.4, -0.2) is 48.3 Å². The summed E-state index contributed by atoms with van der Waals surface area (Å²) in [5.74, 6) is -0.688. The molecule has 0 radical (unpaired) electrons. The van der Waals surface area contributed by atoms with E-state index in [9.17, 15) is 9.90 Å². The second-order valence-electron chi connectivity index (χ2n) is 6.97. The third-order valence-corrected chi connectivity index (χ3v) is 5.43. The van der Waals surface area contributed by atoms with Crippen molar-refractivity contribution in [3.05, 3.63) is 35.9 Å². The molecule has 0 spiro atoms. The number of likely N-dealkylation sites (N-methyl/N-ethyl adjacent to an activating group) is 1. The van der Waals surface area contributed by atoms with Crippen LogP contribution in [0.3, 0.4) is 0 Å². The van der Waals surface area contributed by atoms with Gasteiger partial charge >= 0.3 is 5.97 Å². The molecule has 2 unspecified atom stereocenters. The zero-order valence-corrected chi connectivity index (χ0v) is 16.9. The molecule has 0 aliphatic heterocycles. The van der Waals surface area contributed by atoms with Crippen molar-refractivity contribution in [3.63, 3.8) is 0 Å². The molecule has 26 heavy (non-hydrogen) atoms. The largest absolute Gasteiger partial charge is 0.464 e. The van der Waals surface area contributed by atoms with E-state index in [4.69, 9.17) is 4.74 Å². The van der Waals surface area contributed by atoms with Crippen molar-refractivity contribution in [2.75, 3.05) is 26.2 Å². The van der Waals surface area contributed by atoms with Crippen molar-refractivity contribution in [2.45, 2.75) is 58.0 Å². The van der Waals surface area contributed by atoms with Crippen LogP contribution in [-0.2, 0) is 9.53 Å². The Morgan fingerprint density at radius 2 is 1.77 bits per heavy atom. The molecule has 1 saturated carbocycles. The summed E-state index contributed by atoms with van der Waals surface area (Å²) in [6.45, 7) is 7.21. The molecule has 5 heteroatoms. The first-order chi connectivity index (χ1) is 12.2. The van der Waals surface area contributed by atoms with E-state index in [-0.39, 0.29) is 24.3 Å². The number of aliphatic hydroxyl groups excluding tert-OH is 1. The molecule has 0 saturated heterocycles. The zero-order chi connectivity index (χ0) is 18.1. The smallest absolute Gasteiger partial charge is 0.316 e. The van der Waals surface area contributed by atoms with Gasteiger partial charge in [-0.3, -0.25) is 4.79 Å². The number of carbonyl (C=O) groups is 1. The topological polar surface area (TPSA) is 49.8 Å². The number of carbonyl (C=O) groups excluding carboxylic acids is 1. The van der Waals surface area contributed by atoms with Gasteiger partial charge in [0.2, 0.25) is 0 Å². The van der Waals surface area contributed by atoms with Crippen LogP contribution in [0.25, 0.3) is 0 Å². The van der Waals surface area contributed by atoms with Crippen molar-refractivity contribution in [2.24, 2.45) is 5.92 Å². The lowest BCUT2D eigenvalue weighted by atomic mass is 9.78. The summed E-state index contributed by atoms with van der Waals surface area (Å²) in [5.41, 5.74) is 0.855. The number of aliphatic hydroxyl groups is 1. The average Bonchev–Trinajstić information content (AvgIpc) is 2.67. The minimum atomic E-state index is -0.663. The molecule has 2 rings (SSSR count). The molecule has 4 nitrogen and oxygen atoms in total. The van der Waals surface area contributed by atoms with E-state index in [2.05, 4.69) is 18.7 Å². The van der Waals surface area contributed by atoms with Crippen molar-refractivity contribution in [1.29, 1.82) is 0 Å².